The largest absolute Gasteiger partial charge is 0.497 e. The highest BCUT2D eigenvalue weighted by atomic mass is 35.7. The van der Waals surface area contributed by atoms with Gasteiger partial charge in [0.1, 0.15) is 21.8 Å². The van der Waals surface area contributed by atoms with E-state index in [9.17, 15) is 23.7 Å². The first kappa shape index (κ1) is 25.5. The van der Waals surface area contributed by atoms with Crippen LogP contribution in [0.1, 0.15) is 18.1 Å². The number of amides is 2. The maximum atomic E-state index is 13.2. The van der Waals surface area contributed by atoms with Gasteiger partial charge in [0.25, 0.3) is 5.91 Å². The molecule has 0 aromatic heterocycles. The highest BCUT2D eigenvalue weighted by Gasteiger charge is 2.62. The second kappa shape index (κ2) is 10.4. The Labute approximate surface area is 204 Å². The molecule has 0 spiro atoms. The number of rotatable bonds is 10. The number of nitrogens with one attached hydrogen (secondary N) is 1. The van der Waals surface area contributed by atoms with E-state index in [-0.39, 0.29) is 18.4 Å². The van der Waals surface area contributed by atoms with Crippen LogP contribution in [0.15, 0.2) is 66.7 Å². The maximum Gasteiger partial charge on any atom is 0.334 e. The number of halogens is 1. The maximum absolute atomic E-state index is 13.2. The van der Waals surface area contributed by atoms with Crippen LogP contribution >= 0.6 is 10.7 Å². The predicted molar refractivity (Wildman–Crippen MR) is 129 cm³/mol. The number of ether oxygens (including phenoxy) is 1. The molecule has 34 heavy (non-hydrogen) atoms. The SMILES string of the molecule is C=C(C)C(Cc1ccc(OC)cc1)(C(=O)O)N1C(=O)C(NC(=O)Cc2ccccc2)C1S(=O)Cl. The molecule has 3 rings (SSSR count). The van der Waals surface area contributed by atoms with Crippen molar-refractivity contribution < 1.29 is 28.4 Å². The lowest BCUT2D eigenvalue weighted by Crippen LogP contribution is -2.79. The highest BCUT2D eigenvalue weighted by molar-refractivity contribution is 8.08. The fourth-order valence-electron chi connectivity index (χ4n) is 4.04. The van der Waals surface area contributed by atoms with Gasteiger partial charge < -0.3 is 20.1 Å². The van der Waals surface area contributed by atoms with Gasteiger partial charge in [-0.05, 0) is 46.4 Å². The van der Waals surface area contributed by atoms with Crippen LogP contribution in [-0.2, 0) is 37.2 Å². The van der Waals surface area contributed by atoms with E-state index in [4.69, 9.17) is 15.4 Å². The fourth-order valence-corrected chi connectivity index (χ4v) is 5.44. The Morgan fingerprint density at radius 2 is 1.79 bits per heavy atom. The molecule has 2 aromatic rings. The van der Waals surface area contributed by atoms with Crippen molar-refractivity contribution in [2.75, 3.05) is 7.11 Å². The van der Waals surface area contributed by atoms with Crippen molar-refractivity contribution >= 4 is 38.5 Å². The van der Waals surface area contributed by atoms with Crippen LogP contribution in [0.25, 0.3) is 0 Å². The van der Waals surface area contributed by atoms with E-state index >= 15 is 0 Å². The quantitative estimate of drug-likeness (QED) is 0.292. The molecule has 0 saturated carbocycles. The molecule has 8 nitrogen and oxygen atoms in total. The first-order valence-electron chi connectivity index (χ1n) is 10.4. The van der Waals surface area contributed by atoms with Gasteiger partial charge in [0.2, 0.25) is 5.91 Å². The fraction of sp³-hybridized carbons (Fsp3) is 0.292. The zero-order chi connectivity index (χ0) is 25.0. The summed E-state index contributed by atoms with van der Waals surface area (Å²) in [6.07, 6.45) is -0.134. The summed E-state index contributed by atoms with van der Waals surface area (Å²) in [5.74, 6) is -1.92. The van der Waals surface area contributed by atoms with E-state index in [0.717, 1.165) is 10.5 Å². The van der Waals surface area contributed by atoms with Crippen LogP contribution < -0.4 is 10.1 Å². The van der Waals surface area contributed by atoms with Crippen molar-refractivity contribution in [1.29, 1.82) is 0 Å². The number of benzene rings is 2. The number of hydrogen-bond donors (Lipinski definition) is 2. The third-order valence-electron chi connectivity index (χ3n) is 5.85. The van der Waals surface area contributed by atoms with Gasteiger partial charge in [-0.25, -0.2) is 9.00 Å². The zero-order valence-corrected chi connectivity index (χ0v) is 20.3. The Morgan fingerprint density at radius 1 is 1.18 bits per heavy atom. The Kier molecular flexibility index (Phi) is 7.78. The minimum absolute atomic E-state index is 0.00265. The van der Waals surface area contributed by atoms with Crippen molar-refractivity contribution in [1.82, 2.24) is 10.2 Å². The van der Waals surface area contributed by atoms with Gasteiger partial charge in [0, 0.05) is 6.42 Å². The minimum Gasteiger partial charge on any atom is -0.497 e. The summed E-state index contributed by atoms with van der Waals surface area (Å²) in [4.78, 5) is 39.3. The number of aliphatic carboxylic acids is 1. The van der Waals surface area contributed by atoms with E-state index < -0.39 is 44.8 Å². The lowest BCUT2D eigenvalue weighted by atomic mass is 9.80. The molecule has 1 heterocycles. The molecule has 2 aromatic carbocycles. The molecule has 2 amide bonds. The van der Waals surface area contributed by atoms with Crippen molar-refractivity contribution in [2.45, 2.75) is 36.7 Å². The topological polar surface area (TPSA) is 113 Å². The van der Waals surface area contributed by atoms with E-state index in [1.54, 1.807) is 48.5 Å². The van der Waals surface area contributed by atoms with Crippen LogP contribution in [-0.4, -0.2) is 56.1 Å². The second-order valence-electron chi connectivity index (χ2n) is 8.03. The van der Waals surface area contributed by atoms with E-state index in [2.05, 4.69) is 11.9 Å². The molecule has 1 saturated heterocycles. The van der Waals surface area contributed by atoms with Gasteiger partial charge in [-0.2, -0.15) is 0 Å². The lowest BCUT2D eigenvalue weighted by Gasteiger charge is -2.54. The van der Waals surface area contributed by atoms with E-state index in [1.807, 2.05) is 6.07 Å². The third kappa shape index (κ3) is 4.85. The van der Waals surface area contributed by atoms with E-state index in [0.29, 0.717) is 11.3 Å². The number of likely N-dealkylation sites (tertiary alicyclic amines) is 1. The Hall–Kier alpha value is -3.17. The van der Waals surface area contributed by atoms with Crippen molar-refractivity contribution in [2.24, 2.45) is 0 Å². The zero-order valence-electron chi connectivity index (χ0n) is 18.7. The highest BCUT2D eigenvalue weighted by Crippen LogP contribution is 2.39. The van der Waals surface area contributed by atoms with Gasteiger partial charge in [0.15, 0.2) is 10.9 Å². The molecular formula is C24H25ClN2O6S. The number of hydrogen-bond acceptors (Lipinski definition) is 5. The predicted octanol–water partition coefficient (Wildman–Crippen LogP) is 2.44. The lowest BCUT2D eigenvalue weighted by molar-refractivity contribution is -0.169. The summed E-state index contributed by atoms with van der Waals surface area (Å²) in [5, 5.41) is 11.6. The molecule has 0 radical (unpaired) electrons. The smallest absolute Gasteiger partial charge is 0.334 e. The number of nitrogens with zero attached hydrogens (tertiary/aromatic N) is 1. The number of carbonyl (C=O) groups is 3. The van der Waals surface area contributed by atoms with Crippen molar-refractivity contribution in [3.8, 4) is 5.75 Å². The molecule has 1 aliphatic rings. The summed E-state index contributed by atoms with van der Waals surface area (Å²) in [7, 11) is 5.26. The van der Waals surface area contributed by atoms with Gasteiger partial charge in [-0.1, -0.05) is 49.0 Å². The molecule has 4 atom stereocenters. The Balaban J connectivity index is 1.90. The number of β-lactam (4-membered cyclic amide) rings is 1. The first-order chi connectivity index (χ1) is 16.1. The van der Waals surface area contributed by atoms with Gasteiger partial charge in [-0.3, -0.25) is 9.59 Å². The van der Waals surface area contributed by atoms with Crippen molar-refractivity contribution in [3.63, 3.8) is 0 Å². The van der Waals surface area contributed by atoms with Gasteiger partial charge >= 0.3 is 5.97 Å². The summed E-state index contributed by atoms with van der Waals surface area (Å²) in [6, 6.07) is 14.4. The molecule has 10 heteroatoms. The average molecular weight is 505 g/mol. The third-order valence-corrected chi connectivity index (χ3v) is 7.26. The summed E-state index contributed by atoms with van der Waals surface area (Å²) < 4.78 is 17.6. The van der Waals surface area contributed by atoms with Crippen molar-refractivity contribution in [3.05, 3.63) is 77.9 Å². The molecule has 180 valence electrons. The Bertz CT molecular complexity index is 1110. The standard InChI is InChI=1S/C24H25ClN2O6S/c1-15(2)24(23(30)31,14-17-9-11-18(33-3)12-10-17)27-21(29)20(22(27)34(25)32)26-19(28)13-16-7-5-4-6-8-16/h4-12,20,22H,1,13-14H2,2-3H3,(H,26,28)(H,30,31). The van der Waals surface area contributed by atoms with Gasteiger partial charge in [-0.15, -0.1) is 0 Å². The monoisotopic (exact) mass is 504 g/mol. The van der Waals surface area contributed by atoms with Crippen LogP contribution in [0.3, 0.4) is 0 Å². The molecular weight excluding hydrogens is 480 g/mol. The van der Waals surface area contributed by atoms with Crippen LogP contribution in [0.4, 0.5) is 0 Å². The molecule has 1 fully saturated rings. The summed E-state index contributed by atoms with van der Waals surface area (Å²) in [5.41, 5.74) is -0.435. The molecule has 4 unspecified atom stereocenters. The number of carboxylic acid groups (broad SMARTS) is 1. The second-order valence-corrected chi connectivity index (χ2v) is 9.92. The van der Waals surface area contributed by atoms with Crippen LogP contribution in [0.2, 0.25) is 0 Å². The molecule has 2 N–H and O–H groups in total. The van der Waals surface area contributed by atoms with Gasteiger partial charge in [0.05, 0.1) is 13.5 Å². The molecule has 0 bridgehead atoms. The normalized spacial score (nSPS) is 20.0. The number of carbonyl (C=O) groups excluding carboxylic acids is 2. The number of carboxylic acids is 1. The minimum atomic E-state index is -2.17. The first-order valence-corrected chi connectivity index (χ1v) is 12.4. The van der Waals surface area contributed by atoms with Crippen LogP contribution in [0.5, 0.6) is 5.75 Å². The molecule has 1 aliphatic heterocycles. The number of methoxy groups -OCH3 is 1. The molecule has 0 aliphatic carbocycles. The van der Waals surface area contributed by atoms with E-state index in [1.165, 1.54) is 14.0 Å². The summed E-state index contributed by atoms with van der Waals surface area (Å²) in [6.45, 7) is 5.31. The summed E-state index contributed by atoms with van der Waals surface area (Å²) >= 11 is 0. The Morgan fingerprint density at radius 3 is 2.29 bits per heavy atom. The van der Waals surface area contributed by atoms with Crippen LogP contribution in [0, 0.1) is 0 Å². The average Bonchev–Trinajstić information content (AvgIpc) is 2.80.